The monoisotopic (exact) mass is 427 g/mol. The highest BCUT2D eigenvalue weighted by atomic mass is 19.1. The molecule has 0 spiro atoms. The number of tetrazole rings is 1. The number of hydrogen-bond acceptors (Lipinski definition) is 8. The Balaban J connectivity index is 1.45. The lowest BCUT2D eigenvalue weighted by Gasteiger charge is -2.14. The Labute approximate surface area is 177 Å². The van der Waals surface area contributed by atoms with Gasteiger partial charge in [0.15, 0.2) is 0 Å². The fourth-order valence-corrected chi connectivity index (χ4v) is 3.13. The number of amides is 1. The zero-order valence-corrected chi connectivity index (χ0v) is 16.7. The van der Waals surface area contributed by atoms with Crippen molar-refractivity contribution in [2.75, 3.05) is 31.3 Å². The fraction of sp³-hybridized carbons (Fsp3) is 0.300. The van der Waals surface area contributed by atoms with E-state index in [1.54, 1.807) is 37.7 Å². The van der Waals surface area contributed by atoms with E-state index < -0.39 is 18.0 Å². The van der Waals surface area contributed by atoms with Gasteiger partial charge in [0.25, 0.3) is 0 Å². The van der Waals surface area contributed by atoms with Crippen LogP contribution in [0.1, 0.15) is 0 Å². The summed E-state index contributed by atoms with van der Waals surface area (Å²) in [6.45, 7) is 0.612. The van der Waals surface area contributed by atoms with Crippen molar-refractivity contribution in [3.8, 4) is 22.6 Å². The molecule has 4 rings (SSSR count). The van der Waals surface area contributed by atoms with E-state index in [1.807, 2.05) is 0 Å². The Morgan fingerprint density at radius 1 is 1.35 bits per heavy atom. The van der Waals surface area contributed by atoms with E-state index in [9.17, 15) is 9.18 Å². The normalized spacial score (nSPS) is 16.0. The average Bonchev–Trinajstić information content (AvgIpc) is 3.37. The maximum atomic E-state index is 14.8. The van der Waals surface area contributed by atoms with Crippen molar-refractivity contribution in [3.63, 3.8) is 0 Å². The van der Waals surface area contributed by atoms with Crippen molar-refractivity contribution in [2.24, 2.45) is 7.05 Å². The first-order valence-corrected chi connectivity index (χ1v) is 9.54. The lowest BCUT2D eigenvalue weighted by molar-refractivity contribution is 0.0519. The number of carbonyl (C=O) groups is 1. The molecule has 2 aromatic heterocycles. The van der Waals surface area contributed by atoms with Crippen molar-refractivity contribution >= 4 is 11.8 Å². The molecule has 1 N–H and O–H groups in total. The van der Waals surface area contributed by atoms with Crippen molar-refractivity contribution in [2.45, 2.75) is 6.10 Å². The number of aliphatic hydroxyl groups is 1. The highest BCUT2D eigenvalue weighted by Crippen LogP contribution is 2.29. The Bertz CT molecular complexity index is 1060. The lowest BCUT2D eigenvalue weighted by Crippen LogP contribution is -2.26. The predicted molar refractivity (Wildman–Crippen MR) is 107 cm³/mol. The predicted octanol–water partition coefficient (Wildman–Crippen LogP) is 1.62. The van der Waals surface area contributed by atoms with Gasteiger partial charge in [-0.1, -0.05) is 6.07 Å². The van der Waals surface area contributed by atoms with Gasteiger partial charge in [0, 0.05) is 30.4 Å². The van der Waals surface area contributed by atoms with E-state index in [-0.39, 0.29) is 26.4 Å². The maximum Gasteiger partial charge on any atom is 0.414 e. The van der Waals surface area contributed by atoms with Gasteiger partial charge in [0.1, 0.15) is 17.6 Å². The minimum atomic E-state index is -0.561. The quantitative estimate of drug-likeness (QED) is 0.539. The van der Waals surface area contributed by atoms with Gasteiger partial charge in [-0.15, -0.1) is 10.2 Å². The highest BCUT2D eigenvalue weighted by Gasteiger charge is 2.32. The molecule has 1 aliphatic rings. The zero-order chi connectivity index (χ0) is 21.8. The SMILES string of the molecule is Cn1nnc(-c2ccc(-c3ccc(N4CC(COC[CH]CO)OC4=O)cc3F)cn2)n1. The van der Waals surface area contributed by atoms with Gasteiger partial charge >= 0.3 is 6.09 Å². The van der Waals surface area contributed by atoms with Gasteiger partial charge in [-0.3, -0.25) is 9.88 Å². The molecule has 161 valence electrons. The molecule has 0 bridgehead atoms. The second-order valence-corrected chi connectivity index (χ2v) is 6.82. The molecule has 0 aliphatic carbocycles. The Morgan fingerprint density at radius 2 is 2.23 bits per heavy atom. The third-order valence-electron chi connectivity index (χ3n) is 4.62. The number of rotatable bonds is 8. The van der Waals surface area contributed by atoms with Gasteiger partial charge in [-0.25, -0.2) is 9.18 Å². The van der Waals surface area contributed by atoms with E-state index >= 15 is 0 Å². The van der Waals surface area contributed by atoms with E-state index in [4.69, 9.17) is 14.6 Å². The van der Waals surface area contributed by atoms with Gasteiger partial charge in [0.2, 0.25) is 5.82 Å². The number of cyclic esters (lactones) is 1. The zero-order valence-electron chi connectivity index (χ0n) is 16.7. The van der Waals surface area contributed by atoms with Crippen LogP contribution in [-0.4, -0.2) is 68.9 Å². The summed E-state index contributed by atoms with van der Waals surface area (Å²) >= 11 is 0. The standard InChI is InChI=1S/C20H20FN6O4/c1-26-24-19(23-25-26)18-6-3-13(10-22-18)16-5-4-14(9-17(16)21)27-11-15(31-20(27)29)12-30-8-2-7-28/h2-6,9-10,15,28H,7-8,11-12H2,1H3. The molecule has 1 fully saturated rings. The Morgan fingerprint density at radius 3 is 2.90 bits per heavy atom. The first-order chi connectivity index (χ1) is 15.0. The fourth-order valence-electron chi connectivity index (χ4n) is 3.13. The van der Waals surface area contributed by atoms with Crippen LogP contribution >= 0.6 is 0 Å². The van der Waals surface area contributed by atoms with Gasteiger partial charge < -0.3 is 14.6 Å². The van der Waals surface area contributed by atoms with Crippen LogP contribution in [0.4, 0.5) is 14.9 Å². The Kier molecular flexibility index (Phi) is 6.14. The number of aliphatic hydroxyl groups excluding tert-OH is 1. The summed E-state index contributed by atoms with van der Waals surface area (Å²) in [6, 6.07) is 7.95. The topological polar surface area (TPSA) is 115 Å². The summed E-state index contributed by atoms with van der Waals surface area (Å²) in [7, 11) is 1.66. The molecule has 1 amide bonds. The summed E-state index contributed by atoms with van der Waals surface area (Å²) in [5.41, 5.74) is 1.84. The summed E-state index contributed by atoms with van der Waals surface area (Å²) in [5.74, 6) is -0.111. The van der Waals surface area contributed by atoms with E-state index in [0.717, 1.165) is 0 Å². The molecule has 1 radical (unpaired) electrons. The second-order valence-electron chi connectivity index (χ2n) is 6.82. The largest absolute Gasteiger partial charge is 0.441 e. The first-order valence-electron chi connectivity index (χ1n) is 9.54. The van der Waals surface area contributed by atoms with E-state index in [0.29, 0.717) is 28.3 Å². The highest BCUT2D eigenvalue weighted by molar-refractivity contribution is 5.90. The summed E-state index contributed by atoms with van der Waals surface area (Å²) in [4.78, 5) is 19.1. The smallest absolute Gasteiger partial charge is 0.414 e. The molecule has 11 heteroatoms. The molecule has 10 nitrogen and oxygen atoms in total. The van der Waals surface area contributed by atoms with Crippen molar-refractivity contribution in [1.29, 1.82) is 0 Å². The number of pyridine rings is 1. The van der Waals surface area contributed by atoms with E-state index in [2.05, 4.69) is 20.4 Å². The first kappa shape index (κ1) is 20.8. The molecular weight excluding hydrogens is 407 g/mol. The molecular formula is C20H20FN6O4. The number of halogens is 1. The van der Waals surface area contributed by atoms with Gasteiger partial charge in [0.05, 0.1) is 32.5 Å². The van der Waals surface area contributed by atoms with Crippen molar-refractivity contribution in [1.82, 2.24) is 25.2 Å². The molecule has 0 saturated carbocycles. The minimum absolute atomic E-state index is 0.0856. The van der Waals surface area contributed by atoms with Crippen LogP contribution in [0.3, 0.4) is 0 Å². The number of benzene rings is 1. The summed E-state index contributed by atoms with van der Waals surface area (Å²) < 4.78 is 25.4. The number of carbonyl (C=O) groups excluding carboxylic acids is 1. The molecule has 1 aliphatic heterocycles. The minimum Gasteiger partial charge on any atom is -0.441 e. The average molecular weight is 427 g/mol. The molecule has 1 atom stereocenters. The molecule has 31 heavy (non-hydrogen) atoms. The van der Waals surface area contributed by atoms with Crippen molar-refractivity contribution < 1.29 is 23.8 Å². The van der Waals surface area contributed by atoms with Crippen LogP contribution in [0.15, 0.2) is 36.5 Å². The lowest BCUT2D eigenvalue weighted by atomic mass is 10.1. The van der Waals surface area contributed by atoms with Crippen LogP contribution in [0.5, 0.6) is 0 Å². The van der Waals surface area contributed by atoms with Crippen LogP contribution in [0.25, 0.3) is 22.6 Å². The molecule has 3 aromatic rings. The molecule has 1 saturated heterocycles. The number of anilines is 1. The second kappa shape index (κ2) is 9.14. The van der Waals surface area contributed by atoms with Gasteiger partial charge in [-0.05, 0) is 29.5 Å². The van der Waals surface area contributed by atoms with Crippen LogP contribution in [0, 0.1) is 12.2 Å². The molecule has 1 aromatic carbocycles. The third kappa shape index (κ3) is 4.67. The van der Waals surface area contributed by atoms with Gasteiger partial charge in [-0.2, -0.15) is 4.80 Å². The third-order valence-corrected chi connectivity index (χ3v) is 4.62. The van der Waals surface area contributed by atoms with E-state index in [1.165, 1.54) is 22.0 Å². The number of aryl methyl sites for hydroxylation is 1. The number of aromatic nitrogens is 5. The Hall–Kier alpha value is -3.44. The maximum absolute atomic E-state index is 14.8. The van der Waals surface area contributed by atoms with Crippen LogP contribution in [0.2, 0.25) is 0 Å². The molecule has 3 heterocycles. The summed E-state index contributed by atoms with van der Waals surface area (Å²) in [6.07, 6.45) is 2.06. The molecule has 1 unspecified atom stereocenters. The van der Waals surface area contributed by atoms with Crippen LogP contribution < -0.4 is 4.90 Å². The number of nitrogens with zero attached hydrogens (tertiary/aromatic N) is 6. The number of ether oxygens (including phenoxy) is 2. The summed E-state index contributed by atoms with van der Waals surface area (Å²) in [5, 5.41) is 20.5. The van der Waals surface area contributed by atoms with Crippen LogP contribution in [-0.2, 0) is 16.5 Å². The van der Waals surface area contributed by atoms with Crippen molar-refractivity contribution in [3.05, 3.63) is 48.8 Å². The number of hydrogen-bond donors (Lipinski definition) is 1.